The minimum Gasteiger partial charge on any atom is -0.384 e. The van der Waals surface area contributed by atoms with Gasteiger partial charge < -0.3 is 5.11 Å². The zero-order valence-corrected chi connectivity index (χ0v) is 14.0. The highest BCUT2D eigenvalue weighted by atomic mass is 79.9. The Kier molecular flexibility index (Phi) is 4.90. The van der Waals surface area contributed by atoms with Crippen molar-refractivity contribution in [2.45, 2.75) is 6.10 Å². The molecule has 2 rings (SSSR count). The van der Waals surface area contributed by atoms with E-state index in [1.807, 2.05) is 0 Å². The molecule has 0 spiro atoms. The van der Waals surface area contributed by atoms with Gasteiger partial charge in [0, 0.05) is 19.5 Å². The van der Waals surface area contributed by atoms with Gasteiger partial charge in [0.05, 0.1) is 5.02 Å². The Bertz CT molecular complexity index is 634. The zero-order chi connectivity index (χ0) is 14.2. The first kappa shape index (κ1) is 15.3. The zero-order valence-electron chi connectivity index (χ0n) is 9.30. The van der Waals surface area contributed by atoms with Gasteiger partial charge in [-0.15, -0.1) is 0 Å². The molecule has 0 saturated heterocycles. The van der Waals surface area contributed by atoms with Gasteiger partial charge in [-0.05, 0) is 39.7 Å². The Morgan fingerprint density at radius 2 is 1.63 bits per heavy atom. The van der Waals surface area contributed by atoms with Crippen LogP contribution < -0.4 is 0 Å². The summed E-state index contributed by atoms with van der Waals surface area (Å²) in [7, 11) is 0. The standard InChI is InChI=1S/C13H7Br2Cl2FO/c14-9-4-3-8(12(18)11(9)17)13(19)7-2-1-6(16)5-10(7)15/h1-5,13,19H. The summed E-state index contributed by atoms with van der Waals surface area (Å²) >= 11 is 18.1. The molecule has 1 nitrogen and oxygen atoms in total. The third kappa shape index (κ3) is 3.14. The molecule has 1 atom stereocenters. The summed E-state index contributed by atoms with van der Waals surface area (Å²) in [6, 6.07) is 7.97. The summed E-state index contributed by atoms with van der Waals surface area (Å²) < 4.78 is 15.1. The van der Waals surface area contributed by atoms with E-state index in [0.717, 1.165) is 0 Å². The summed E-state index contributed by atoms with van der Waals surface area (Å²) in [6.45, 7) is 0. The number of hydrogen-bond donors (Lipinski definition) is 1. The van der Waals surface area contributed by atoms with E-state index in [1.54, 1.807) is 24.3 Å². The van der Waals surface area contributed by atoms with Gasteiger partial charge in [-0.25, -0.2) is 4.39 Å². The highest BCUT2D eigenvalue weighted by Crippen LogP contribution is 2.35. The van der Waals surface area contributed by atoms with Gasteiger partial charge in [-0.1, -0.05) is 51.3 Å². The lowest BCUT2D eigenvalue weighted by Gasteiger charge is -2.15. The van der Waals surface area contributed by atoms with Crippen molar-refractivity contribution in [3.63, 3.8) is 0 Å². The van der Waals surface area contributed by atoms with Crippen molar-refractivity contribution in [3.8, 4) is 0 Å². The quantitative estimate of drug-likeness (QED) is 0.605. The predicted octanol–water partition coefficient (Wildman–Crippen LogP) is 5.74. The molecular formula is C13H7Br2Cl2FO. The van der Waals surface area contributed by atoms with Crippen LogP contribution in [0.25, 0.3) is 0 Å². The Morgan fingerprint density at radius 1 is 1.00 bits per heavy atom. The van der Waals surface area contributed by atoms with Crippen molar-refractivity contribution in [2.75, 3.05) is 0 Å². The first-order valence-corrected chi connectivity index (χ1v) is 7.52. The second-order valence-corrected chi connectivity index (χ2v) is 6.36. The lowest BCUT2D eigenvalue weighted by atomic mass is 10.0. The monoisotopic (exact) mass is 426 g/mol. The van der Waals surface area contributed by atoms with Gasteiger partial charge in [-0.3, -0.25) is 0 Å². The molecule has 0 bridgehead atoms. The fourth-order valence-electron chi connectivity index (χ4n) is 1.64. The Morgan fingerprint density at radius 3 is 2.26 bits per heavy atom. The second-order valence-electron chi connectivity index (χ2n) is 3.83. The smallest absolute Gasteiger partial charge is 0.149 e. The maximum Gasteiger partial charge on any atom is 0.149 e. The molecule has 0 aliphatic carbocycles. The molecule has 1 N–H and O–H groups in total. The molecule has 2 aromatic rings. The third-order valence-electron chi connectivity index (χ3n) is 2.62. The van der Waals surface area contributed by atoms with E-state index in [2.05, 4.69) is 31.9 Å². The van der Waals surface area contributed by atoms with Gasteiger partial charge in [0.2, 0.25) is 0 Å². The largest absolute Gasteiger partial charge is 0.384 e. The molecule has 0 saturated carbocycles. The number of aliphatic hydroxyl groups excluding tert-OH is 1. The number of aliphatic hydroxyl groups is 1. The Labute approximate surface area is 136 Å². The summed E-state index contributed by atoms with van der Waals surface area (Å²) in [4.78, 5) is 0. The third-order valence-corrected chi connectivity index (χ3v) is 4.80. The van der Waals surface area contributed by atoms with Crippen LogP contribution in [-0.2, 0) is 0 Å². The number of rotatable bonds is 2. The molecule has 0 radical (unpaired) electrons. The first-order chi connectivity index (χ1) is 8.91. The lowest BCUT2D eigenvalue weighted by molar-refractivity contribution is 0.214. The van der Waals surface area contributed by atoms with Crippen LogP contribution in [0.3, 0.4) is 0 Å². The van der Waals surface area contributed by atoms with Crippen molar-refractivity contribution < 1.29 is 9.50 Å². The van der Waals surface area contributed by atoms with Crippen molar-refractivity contribution in [1.29, 1.82) is 0 Å². The van der Waals surface area contributed by atoms with E-state index in [0.29, 0.717) is 19.5 Å². The van der Waals surface area contributed by atoms with Gasteiger partial charge in [0.1, 0.15) is 11.9 Å². The van der Waals surface area contributed by atoms with Gasteiger partial charge >= 0.3 is 0 Å². The van der Waals surface area contributed by atoms with Crippen LogP contribution in [0.1, 0.15) is 17.2 Å². The van der Waals surface area contributed by atoms with Crippen LogP contribution in [0.2, 0.25) is 10.0 Å². The Hall–Kier alpha value is -0.130. The van der Waals surface area contributed by atoms with E-state index >= 15 is 0 Å². The highest BCUT2D eigenvalue weighted by Gasteiger charge is 2.20. The minimum absolute atomic E-state index is 0.0540. The summed E-state index contributed by atoms with van der Waals surface area (Å²) in [6.07, 6.45) is -1.13. The van der Waals surface area contributed by atoms with Gasteiger partial charge in [0.15, 0.2) is 0 Å². The average Bonchev–Trinajstić information content (AvgIpc) is 2.35. The normalized spacial score (nSPS) is 12.5. The fourth-order valence-corrected chi connectivity index (χ4v) is 3.02. The molecule has 2 aromatic carbocycles. The fraction of sp³-hybridized carbons (Fsp3) is 0.0769. The van der Waals surface area contributed by atoms with E-state index in [1.165, 1.54) is 6.07 Å². The number of halogens is 5. The van der Waals surface area contributed by atoms with Crippen LogP contribution in [0.5, 0.6) is 0 Å². The van der Waals surface area contributed by atoms with Crippen LogP contribution in [-0.4, -0.2) is 5.11 Å². The van der Waals surface area contributed by atoms with Crippen LogP contribution >= 0.6 is 55.1 Å². The molecule has 0 aromatic heterocycles. The maximum absolute atomic E-state index is 14.0. The van der Waals surface area contributed by atoms with E-state index in [9.17, 15) is 9.50 Å². The molecule has 0 fully saturated rings. The highest BCUT2D eigenvalue weighted by molar-refractivity contribution is 9.10. The van der Waals surface area contributed by atoms with E-state index < -0.39 is 11.9 Å². The molecule has 100 valence electrons. The Balaban J connectivity index is 2.50. The van der Waals surface area contributed by atoms with Crippen LogP contribution in [0.4, 0.5) is 4.39 Å². The van der Waals surface area contributed by atoms with Crippen LogP contribution in [0, 0.1) is 5.82 Å². The van der Waals surface area contributed by atoms with Crippen molar-refractivity contribution in [1.82, 2.24) is 0 Å². The molecule has 1 unspecified atom stereocenters. The van der Waals surface area contributed by atoms with Crippen molar-refractivity contribution >= 4 is 55.1 Å². The topological polar surface area (TPSA) is 20.2 Å². The minimum atomic E-state index is -1.13. The van der Waals surface area contributed by atoms with Crippen molar-refractivity contribution in [3.05, 3.63) is 66.3 Å². The second kappa shape index (κ2) is 6.10. The summed E-state index contributed by atoms with van der Waals surface area (Å²) in [5.41, 5.74) is 0.623. The predicted molar refractivity (Wildman–Crippen MR) is 82.3 cm³/mol. The van der Waals surface area contributed by atoms with E-state index in [4.69, 9.17) is 23.2 Å². The maximum atomic E-state index is 14.0. The summed E-state index contributed by atoms with van der Waals surface area (Å²) in [5.74, 6) is -0.648. The molecule has 0 aliphatic heterocycles. The van der Waals surface area contributed by atoms with Gasteiger partial charge in [-0.2, -0.15) is 0 Å². The molecular weight excluding hydrogens is 422 g/mol. The number of benzene rings is 2. The molecule has 19 heavy (non-hydrogen) atoms. The van der Waals surface area contributed by atoms with Crippen molar-refractivity contribution in [2.24, 2.45) is 0 Å². The van der Waals surface area contributed by atoms with Gasteiger partial charge in [0.25, 0.3) is 0 Å². The average molecular weight is 429 g/mol. The SMILES string of the molecule is OC(c1ccc(Cl)cc1Br)c1ccc(Br)c(Cl)c1F. The lowest BCUT2D eigenvalue weighted by Crippen LogP contribution is -2.04. The first-order valence-electron chi connectivity index (χ1n) is 5.18. The summed E-state index contributed by atoms with van der Waals surface area (Å²) in [5, 5.41) is 10.7. The molecule has 0 aliphatic rings. The molecule has 0 heterocycles. The number of hydrogen-bond acceptors (Lipinski definition) is 1. The van der Waals surface area contributed by atoms with Crippen LogP contribution in [0.15, 0.2) is 39.3 Å². The van der Waals surface area contributed by atoms with E-state index in [-0.39, 0.29) is 10.6 Å². The molecule has 6 heteroatoms. The molecule has 0 amide bonds.